The van der Waals surface area contributed by atoms with Crippen LogP contribution in [0.1, 0.15) is 32.1 Å². The van der Waals surface area contributed by atoms with Gasteiger partial charge in [0.15, 0.2) is 0 Å². The number of hydrogen-bond acceptors (Lipinski definition) is 3. The summed E-state index contributed by atoms with van der Waals surface area (Å²) in [4.78, 5) is 0. The van der Waals surface area contributed by atoms with Crippen molar-refractivity contribution in [3.63, 3.8) is 0 Å². The zero-order valence-corrected chi connectivity index (χ0v) is 11.4. The number of sulfonamides is 1. The van der Waals surface area contributed by atoms with Crippen molar-refractivity contribution in [2.24, 2.45) is 5.92 Å². The molecule has 0 aromatic heterocycles. The predicted octanol–water partition coefficient (Wildman–Crippen LogP) is 2.85. The minimum absolute atomic E-state index is 0.0307. The minimum Gasteiger partial charge on any atom is -0.506 e. The summed E-state index contributed by atoms with van der Waals surface area (Å²) in [5.41, 5.74) is -0.101. The minimum atomic E-state index is -3.55. The monoisotopic (exact) mass is 287 g/mol. The Morgan fingerprint density at radius 3 is 2.63 bits per heavy atom. The van der Waals surface area contributed by atoms with Gasteiger partial charge in [0, 0.05) is 6.07 Å². The third kappa shape index (κ3) is 4.09. The molecular formula is C13H18FNO3S. The van der Waals surface area contributed by atoms with Gasteiger partial charge >= 0.3 is 0 Å². The first-order valence-corrected chi connectivity index (χ1v) is 8.10. The second kappa shape index (κ2) is 5.77. The third-order valence-electron chi connectivity index (χ3n) is 3.40. The first kappa shape index (κ1) is 14.1. The molecule has 19 heavy (non-hydrogen) atoms. The number of halogens is 1. The Morgan fingerprint density at radius 2 is 1.95 bits per heavy atom. The van der Waals surface area contributed by atoms with Crippen molar-refractivity contribution in [3.05, 3.63) is 24.0 Å². The SMILES string of the molecule is O=S(=O)(CC1CCCCC1)Nc1cc(F)ccc1O. The average Bonchev–Trinajstić information content (AvgIpc) is 2.34. The highest BCUT2D eigenvalue weighted by atomic mass is 32.2. The van der Waals surface area contributed by atoms with E-state index in [0.29, 0.717) is 0 Å². The lowest BCUT2D eigenvalue weighted by Crippen LogP contribution is -2.24. The molecule has 0 radical (unpaired) electrons. The van der Waals surface area contributed by atoms with Crippen molar-refractivity contribution in [1.82, 2.24) is 0 Å². The number of nitrogens with one attached hydrogen (secondary N) is 1. The molecular weight excluding hydrogens is 269 g/mol. The molecule has 0 amide bonds. The maximum Gasteiger partial charge on any atom is 0.233 e. The number of phenols is 1. The second-order valence-corrected chi connectivity index (χ2v) is 6.82. The van der Waals surface area contributed by atoms with Gasteiger partial charge in [-0.05, 0) is 30.9 Å². The van der Waals surface area contributed by atoms with Crippen LogP contribution in [0.25, 0.3) is 0 Å². The molecule has 1 fully saturated rings. The molecule has 1 aliphatic carbocycles. The summed E-state index contributed by atoms with van der Waals surface area (Å²) in [6, 6.07) is 3.19. The van der Waals surface area contributed by atoms with Gasteiger partial charge in [-0.3, -0.25) is 4.72 Å². The van der Waals surface area contributed by atoms with Crippen LogP contribution in [0, 0.1) is 11.7 Å². The highest BCUT2D eigenvalue weighted by Gasteiger charge is 2.22. The van der Waals surface area contributed by atoms with Gasteiger partial charge in [0.1, 0.15) is 11.6 Å². The number of hydrogen-bond donors (Lipinski definition) is 2. The summed E-state index contributed by atoms with van der Waals surface area (Å²) in [5, 5.41) is 9.51. The lowest BCUT2D eigenvalue weighted by atomic mass is 9.91. The molecule has 0 bridgehead atoms. The standard InChI is InChI=1S/C13H18FNO3S/c14-11-6-7-13(16)12(8-11)15-19(17,18)9-10-4-2-1-3-5-10/h6-8,10,15-16H,1-5,9H2. The zero-order valence-electron chi connectivity index (χ0n) is 10.6. The molecule has 0 saturated heterocycles. The van der Waals surface area contributed by atoms with Crippen LogP contribution in [-0.4, -0.2) is 19.3 Å². The molecule has 0 atom stereocenters. The topological polar surface area (TPSA) is 66.4 Å². The average molecular weight is 287 g/mol. The van der Waals surface area contributed by atoms with Gasteiger partial charge < -0.3 is 5.11 Å². The van der Waals surface area contributed by atoms with E-state index in [1.54, 1.807) is 0 Å². The van der Waals surface area contributed by atoms with E-state index in [9.17, 15) is 17.9 Å². The Hall–Kier alpha value is -1.30. The Labute approximate surface area is 112 Å². The van der Waals surface area contributed by atoms with Crippen LogP contribution >= 0.6 is 0 Å². The van der Waals surface area contributed by atoms with E-state index in [2.05, 4.69) is 4.72 Å². The predicted molar refractivity (Wildman–Crippen MR) is 72.0 cm³/mol. The fourth-order valence-corrected chi connectivity index (χ4v) is 4.00. The highest BCUT2D eigenvalue weighted by molar-refractivity contribution is 7.92. The van der Waals surface area contributed by atoms with Crippen LogP contribution in [0.3, 0.4) is 0 Å². The summed E-state index contributed by atoms with van der Waals surface area (Å²) in [6.07, 6.45) is 5.11. The molecule has 0 aliphatic heterocycles. The third-order valence-corrected chi connectivity index (χ3v) is 4.85. The quantitative estimate of drug-likeness (QED) is 0.837. The molecule has 1 aromatic carbocycles. The molecule has 1 saturated carbocycles. The summed E-state index contributed by atoms with van der Waals surface area (Å²) in [6.45, 7) is 0. The molecule has 1 aromatic rings. The van der Waals surface area contributed by atoms with Gasteiger partial charge in [-0.2, -0.15) is 0 Å². The van der Waals surface area contributed by atoms with Crippen LogP contribution in [0.2, 0.25) is 0 Å². The van der Waals surface area contributed by atoms with E-state index < -0.39 is 15.8 Å². The first-order valence-electron chi connectivity index (χ1n) is 6.45. The van der Waals surface area contributed by atoms with Crippen molar-refractivity contribution in [3.8, 4) is 5.75 Å². The van der Waals surface area contributed by atoms with Crippen molar-refractivity contribution in [2.75, 3.05) is 10.5 Å². The fourth-order valence-electron chi connectivity index (χ4n) is 2.46. The largest absolute Gasteiger partial charge is 0.506 e. The lowest BCUT2D eigenvalue weighted by Gasteiger charge is -2.21. The van der Waals surface area contributed by atoms with Gasteiger partial charge in [0.05, 0.1) is 11.4 Å². The fraction of sp³-hybridized carbons (Fsp3) is 0.538. The van der Waals surface area contributed by atoms with E-state index in [1.165, 1.54) is 0 Å². The van der Waals surface area contributed by atoms with Crippen LogP contribution in [-0.2, 0) is 10.0 Å². The van der Waals surface area contributed by atoms with E-state index >= 15 is 0 Å². The summed E-state index contributed by atoms with van der Waals surface area (Å²) in [7, 11) is -3.55. The number of phenolic OH excluding ortho intramolecular Hbond substituents is 1. The van der Waals surface area contributed by atoms with Crippen LogP contribution in [0.5, 0.6) is 5.75 Å². The molecule has 6 heteroatoms. The highest BCUT2D eigenvalue weighted by Crippen LogP contribution is 2.28. The number of benzene rings is 1. The molecule has 0 unspecified atom stereocenters. The van der Waals surface area contributed by atoms with E-state index in [1.807, 2.05) is 0 Å². The van der Waals surface area contributed by atoms with Gasteiger partial charge in [0.25, 0.3) is 0 Å². The van der Waals surface area contributed by atoms with Crippen LogP contribution in [0.4, 0.5) is 10.1 Å². The van der Waals surface area contributed by atoms with Crippen molar-refractivity contribution in [2.45, 2.75) is 32.1 Å². The molecule has 0 spiro atoms. The van der Waals surface area contributed by atoms with Crippen LogP contribution < -0.4 is 4.72 Å². The molecule has 4 nitrogen and oxygen atoms in total. The molecule has 106 valence electrons. The Balaban J connectivity index is 2.05. The first-order chi connectivity index (χ1) is 8.96. The van der Waals surface area contributed by atoms with Crippen LogP contribution in [0.15, 0.2) is 18.2 Å². The Bertz CT molecular complexity index is 539. The second-order valence-electron chi connectivity index (χ2n) is 5.05. The molecule has 0 heterocycles. The van der Waals surface area contributed by atoms with E-state index in [4.69, 9.17) is 0 Å². The Kier molecular flexibility index (Phi) is 4.29. The van der Waals surface area contributed by atoms with E-state index in [0.717, 1.165) is 50.3 Å². The Morgan fingerprint density at radius 1 is 1.26 bits per heavy atom. The smallest absolute Gasteiger partial charge is 0.233 e. The number of anilines is 1. The summed E-state index contributed by atoms with van der Waals surface area (Å²) < 4.78 is 39.3. The van der Waals surface area contributed by atoms with Gasteiger partial charge in [-0.1, -0.05) is 19.3 Å². The van der Waals surface area contributed by atoms with Gasteiger partial charge in [-0.25, -0.2) is 12.8 Å². The molecule has 1 aliphatic rings. The number of rotatable bonds is 4. The molecule has 2 N–H and O–H groups in total. The maximum absolute atomic E-state index is 13.0. The van der Waals surface area contributed by atoms with Gasteiger partial charge in [-0.15, -0.1) is 0 Å². The number of aromatic hydroxyl groups is 1. The maximum atomic E-state index is 13.0. The lowest BCUT2D eigenvalue weighted by molar-refractivity contribution is 0.385. The normalized spacial score (nSPS) is 17.3. The van der Waals surface area contributed by atoms with Gasteiger partial charge in [0.2, 0.25) is 10.0 Å². The van der Waals surface area contributed by atoms with E-state index in [-0.39, 0.29) is 23.1 Å². The van der Waals surface area contributed by atoms with Crippen molar-refractivity contribution >= 4 is 15.7 Å². The van der Waals surface area contributed by atoms with Crippen molar-refractivity contribution in [1.29, 1.82) is 0 Å². The summed E-state index contributed by atoms with van der Waals surface area (Å²) >= 11 is 0. The van der Waals surface area contributed by atoms with Crippen molar-refractivity contribution < 1.29 is 17.9 Å². The zero-order chi connectivity index (χ0) is 13.9. The molecule has 2 rings (SSSR count). The summed E-state index contributed by atoms with van der Waals surface area (Å²) in [5.74, 6) is -0.674.